The van der Waals surface area contributed by atoms with E-state index in [1.54, 1.807) is 72.8 Å². The highest BCUT2D eigenvalue weighted by atomic mass is 19.4. The molecule has 2 saturated carbocycles. The molecule has 6 rings (SSSR count). The van der Waals surface area contributed by atoms with Gasteiger partial charge in [0.15, 0.2) is 0 Å². The molecular weight excluding hydrogens is 658 g/mol. The van der Waals surface area contributed by atoms with Gasteiger partial charge in [0.05, 0.1) is 11.1 Å². The Labute approximate surface area is 295 Å². The normalized spacial score (nSPS) is 16.8. The van der Waals surface area contributed by atoms with Crippen LogP contribution in [0.2, 0.25) is 0 Å². The van der Waals surface area contributed by atoms with Crippen LogP contribution in [0.15, 0.2) is 111 Å². The topological polar surface area (TPSA) is 9.23 Å². The first kappa shape index (κ1) is 36.0. The molecule has 0 bridgehead atoms. The molecule has 0 aliphatic heterocycles. The molecule has 0 spiro atoms. The van der Waals surface area contributed by atoms with Crippen LogP contribution in [-0.4, -0.2) is 0 Å². The van der Waals surface area contributed by atoms with Crippen molar-refractivity contribution in [3.8, 4) is 33.8 Å². The SMILES string of the molecule is C=Cc1ccccc1-c1cc(C(F)(F)F)c(C2(C=C)CCCC2)cc1Oc1cc(C2(C=C)CCCC2)c(C(F)(F)F)cc1-c1ccccc1C=C. The summed E-state index contributed by atoms with van der Waals surface area (Å²) in [7, 11) is 0. The van der Waals surface area contributed by atoms with Gasteiger partial charge in [-0.1, -0.05) is 112 Å². The van der Waals surface area contributed by atoms with E-state index in [9.17, 15) is 0 Å². The minimum atomic E-state index is -4.71. The number of ether oxygens (including phenoxy) is 1. The van der Waals surface area contributed by atoms with Gasteiger partial charge in [-0.15, -0.1) is 13.2 Å². The molecule has 0 saturated heterocycles. The predicted octanol–water partition coefficient (Wildman–Crippen LogP) is 14.1. The Morgan fingerprint density at radius 1 is 0.510 bits per heavy atom. The van der Waals surface area contributed by atoms with Gasteiger partial charge in [-0.2, -0.15) is 26.3 Å². The van der Waals surface area contributed by atoms with Gasteiger partial charge in [0.25, 0.3) is 0 Å². The van der Waals surface area contributed by atoms with E-state index in [4.69, 9.17) is 4.74 Å². The standard InChI is InChI=1S/C44H40F6O/c1-5-29-17-9-11-19-31(29)33-25-37(43(45,46)47)35(41(7-3)21-13-14-22-41)27-39(33)51-40-28-36(42(8-4)23-15-16-24-42)38(44(48,49)50)26-34(40)32-20-12-10-18-30(32)6-2/h5-12,17-20,25-28H,1-4,13-16,21-24H2. The molecule has 4 aromatic carbocycles. The molecule has 0 aromatic heterocycles. The van der Waals surface area contributed by atoms with Crippen LogP contribution in [0.5, 0.6) is 11.5 Å². The molecule has 0 N–H and O–H groups in total. The average Bonchev–Trinajstić information content (AvgIpc) is 3.82. The molecular formula is C44H40F6O. The van der Waals surface area contributed by atoms with E-state index in [2.05, 4.69) is 26.3 Å². The fourth-order valence-corrected chi connectivity index (χ4v) is 8.18. The van der Waals surface area contributed by atoms with Gasteiger partial charge in [-0.3, -0.25) is 0 Å². The van der Waals surface area contributed by atoms with E-state index in [0.29, 0.717) is 47.9 Å². The van der Waals surface area contributed by atoms with Crippen molar-refractivity contribution in [1.82, 2.24) is 0 Å². The second-order valence-electron chi connectivity index (χ2n) is 13.6. The van der Waals surface area contributed by atoms with E-state index < -0.39 is 34.3 Å². The number of benzene rings is 4. The van der Waals surface area contributed by atoms with Crippen molar-refractivity contribution >= 4 is 12.2 Å². The second kappa shape index (κ2) is 13.7. The lowest BCUT2D eigenvalue weighted by molar-refractivity contribution is -0.139. The summed E-state index contributed by atoms with van der Waals surface area (Å²) in [4.78, 5) is 0. The van der Waals surface area contributed by atoms with Gasteiger partial charge < -0.3 is 4.74 Å². The number of hydrogen-bond acceptors (Lipinski definition) is 1. The van der Waals surface area contributed by atoms with E-state index in [1.807, 2.05) is 0 Å². The second-order valence-corrected chi connectivity index (χ2v) is 13.6. The quantitative estimate of drug-likeness (QED) is 0.118. The first-order chi connectivity index (χ1) is 24.3. The third kappa shape index (κ3) is 6.59. The molecule has 4 aromatic rings. The maximum Gasteiger partial charge on any atom is 0.416 e. The Morgan fingerprint density at radius 2 is 0.863 bits per heavy atom. The fourth-order valence-electron chi connectivity index (χ4n) is 8.18. The number of rotatable bonds is 10. The first-order valence-electron chi connectivity index (χ1n) is 17.2. The van der Waals surface area contributed by atoms with Crippen molar-refractivity contribution in [1.29, 1.82) is 0 Å². The Bertz CT molecular complexity index is 1840. The maximum absolute atomic E-state index is 15.1. The summed E-state index contributed by atoms with van der Waals surface area (Å²) in [5.74, 6) is 0.171. The summed E-state index contributed by atoms with van der Waals surface area (Å²) in [6.45, 7) is 15.7. The molecule has 264 valence electrons. The van der Waals surface area contributed by atoms with Crippen molar-refractivity contribution in [2.24, 2.45) is 0 Å². The molecule has 2 fully saturated rings. The summed E-state index contributed by atoms with van der Waals surface area (Å²) in [5, 5.41) is 0. The van der Waals surface area contributed by atoms with Crippen molar-refractivity contribution in [3.05, 3.63) is 145 Å². The molecule has 0 unspecified atom stereocenters. The van der Waals surface area contributed by atoms with Crippen molar-refractivity contribution < 1.29 is 31.1 Å². The van der Waals surface area contributed by atoms with Gasteiger partial charge in [0.1, 0.15) is 11.5 Å². The third-order valence-electron chi connectivity index (χ3n) is 10.9. The van der Waals surface area contributed by atoms with Gasteiger partial charge >= 0.3 is 12.4 Å². The highest BCUT2D eigenvalue weighted by Gasteiger charge is 2.45. The molecule has 51 heavy (non-hydrogen) atoms. The zero-order valence-electron chi connectivity index (χ0n) is 28.4. The van der Waals surface area contributed by atoms with Crippen LogP contribution in [0.25, 0.3) is 34.4 Å². The van der Waals surface area contributed by atoms with Gasteiger partial charge in [0.2, 0.25) is 0 Å². The lowest BCUT2D eigenvalue weighted by Gasteiger charge is -2.32. The van der Waals surface area contributed by atoms with Crippen molar-refractivity contribution in [3.63, 3.8) is 0 Å². The number of halogens is 6. The highest BCUT2D eigenvalue weighted by molar-refractivity contribution is 5.83. The number of alkyl halides is 6. The zero-order chi connectivity index (χ0) is 36.6. The van der Waals surface area contributed by atoms with E-state index >= 15 is 26.3 Å². The van der Waals surface area contributed by atoms with Crippen LogP contribution >= 0.6 is 0 Å². The average molecular weight is 699 g/mol. The van der Waals surface area contributed by atoms with Crippen LogP contribution in [0.1, 0.15) is 84.7 Å². The summed E-state index contributed by atoms with van der Waals surface area (Å²) >= 11 is 0. The van der Waals surface area contributed by atoms with Gasteiger partial charge in [-0.25, -0.2) is 0 Å². The largest absolute Gasteiger partial charge is 0.456 e. The Hall–Kier alpha value is -4.78. The van der Waals surface area contributed by atoms with Crippen LogP contribution in [0, 0.1) is 0 Å². The molecule has 7 heteroatoms. The third-order valence-corrected chi connectivity index (χ3v) is 10.9. The monoisotopic (exact) mass is 698 g/mol. The Morgan fingerprint density at radius 3 is 1.18 bits per heavy atom. The highest BCUT2D eigenvalue weighted by Crippen LogP contribution is 2.54. The molecule has 2 aliphatic rings. The van der Waals surface area contributed by atoms with Crippen LogP contribution in [0.4, 0.5) is 26.3 Å². The molecule has 0 heterocycles. The summed E-state index contributed by atoms with van der Waals surface area (Å²) in [5.41, 5.74) is -1.13. The minimum Gasteiger partial charge on any atom is -0.456 e. The van der Waals surface area contributed by atoms with Gasteiger partial charge in [-0.05, 0) is 83.3 Å². The number of allylic oxidation sites excluding steroid dienone is 2. The van der Waals surface area contributed by atoms with Crippen molar-refractivity contribution in [2.45, 2.75) is 74.5 Å². The number of hydrogen-bond donors (Lipinski definition) is 0. The molecule has 0 amide bonds. The molecule has 2 aliphatic carbocycles. The van der Waals surface area contributed by atoms with Crippen LogP contribution < -0.4 is 4.74 Å². The minimum absolute atomic E-state index is 0.0378. The molecule has 0 atom stereocenters. The van der Waals surface area contributed by atoms with Crippen molar-refractivity contribution in [2.75, 3.05) is 0 Å². The maximum atomic E-state index is 15.1. The van der Waals surface area contributed by atoms with E-state index in [1.165, 1.54) is 12.1 Å². The summed E-state index contributed by atoms with van der Waals surface area (Å²) in [6.07, 6.45) is 1.72. The fraction of sp³-hybridized carbons (Fsp3) is 0.273. The summed E-state index contributed by atoms with van der Waals surface area (Å²) in [6, 6.07) is 18.9. The Balaban J connectivity index is 1.72. The lowest BCUT2D eigenvalue weighted by atomic mass is 9.75. The molecule has 0 radical (unpaired) electrons. The lowest BCUT2D eigenvalue weighted by Crippen LogP contribution is -2.25. The van der Waals surface area contributed by atoms with E-state index in [0.717, 1.165) is 37.8 Å². The summed E-state index contributed by atoms with van der Waals surface area (Å²) < 4.78 is 97.1. The smallest absolute Gasteiger partial charge is 0.416 e. The van der Waals surface area contributed by atoms with E-state index in [-0.39, 0.29) is 33.8 Å². The first-order valence-corrected chi connectivity index (χ1v) is 17.2. The zero-order valence-corrected chi connectivity index (χ0v) is 28.4. The Kier molecular flexibility index (Phi) is 9.71. The van der Waals surface area contributed by atoms with Gasteiger partial charge in [0, 0.05) is 22.0 Å². The van der Waals surface area contributed by atoms with Crippen LogP contribution in [0.3, 0.4) is 0 Å². The van der Waals surface area contributed by atoms with Crippen LogP contribution in [-0.2, 0) is 23.2 Å². The molecule has 1 nitrogen and oxygen atoms in total. The predicted molar refractivity (Wildman–Crippen MR) is 195 cm³/mol.